The summed E-state index contributed by atoms with van der Waals surface area (Å²) in [4.78, 5) is 15.9. The summed E-state index contributed by atoms with van der Waals surface area (Å²) in [5, 5.41) is 11.2. The molecule has 19 heavy (non-hydrogen) atoms. The molecule has 0 aliphatic rings. The fraction of sp³-hybridized carbons (Fsp3) is 0.0714. The Morgan fingerprint density at radius 2 is 1.84 bits per heavy atom. The van der Waals surface area contributed by atoms with E-state index in [1.54, 1.807) is 12.3 Å². The van der Waals surface area contributed by atoms with Gasteiger partial charge in [0.1, 0.15) is 0 Å². The summed E-state index contributed by atoms with van der Waals surface area (Å²) in [6.07, 6.45) is 1.75. The van der Waals surface area contributed by atoms with Crippen molar-refractivity contribution in [1.29, 1.82) is 0 Å². The van der Waals surface area contributed by atoms with Gasteiger partial charge in [-0.1, -0.05) is 24.3 Å². The number of nitrogens with zero attached hydrogens (tertiary/aromatic N) is 2. The van der Waals surface area contributed by atoms with Crippen molar-refractivity contribution < 1.29 is 0 Å². The summed E-state index contributed by atoms with van der Waals surface area (Å²) in [5.74, 6) is 0.654. The smallest absolute Gasteiger partial charge is 0.272 e. The minimum absolute atomic E-state index is 0.181. The number of nitrogens with one attached hydrogen (secondary N) is 2. The first kappa shape index (κ1) is 11.4. The molecule has 3 aromatic rings. The Balaban J connectivity index is 1.94. The van der Waals surface area contributed by atoms with E-state index < -0.39 is 0 Å². The van der Waals surface area contributed by atoms with Crippen molar-refractivity contribution >= 4 is 16.6 Å². The van der Waals surface area contributed by atoms with Gasteiger partial charge in [0, 0.05) is 11.6 Å². The quantitative estimate of drug-likeness (QED) is 0.747. The maximum Gasteiger partial charge on any atom is 0.272 e. The third-order valence-corrected chi connectivity index (χ3v) is 2.86. The monoisotopic (exact) mass is 252 g/mol. The average Bonchev–Trinajstić information content (AvgIpc) is 2.48. The van der Waals surface area contributed by atoms with E-state index in [1.165, 1.54) is 0 Å². The van der Waals surface area contributed by atoms with Gasteiger partial charge in [0.05, 0.1) is 17.6 Å². The van der Waals surface area contributed by atoms with Crippen LogP contribution in [0.3, 0.4) is 0 Å². The van der Waals surface area contributed by atoms with Gasteiger partial charge in [-0.2, -0.15) is 5.10 Å². The minimum Gasteiger partial charge on any atom is -0.362 e. The predicted octanol–water partition coefficient (Wildman–Crippen LogP) is 1.93. The number of benzene rings is 1. The van der Waals surface area contributed by atoms with E-state index in [-0.39, 0.29) is 5.56 Å². The van der Waals surface area contributed by atoms with Crippen molar-refractivity contribution in [2.45, 2.75) is 6.54 Å². The molecule has 0 atom stereocenters. The topological polar surface area (TPSA) is 70.7 Å². The maximum atomic E-state index is 11.6. The second-order valence-electron chi connectivity index (χ2n) is 4.12. The minimum atomic E-state index is -0.181. The number of hydrogen-bond donors (Lipinski definition) is 2. The SMILES string of the molecule is O=c1[nH]nc(NCc2ccccn2)c2ccccc12. The number of aromatic nitrogens is 3. The highest BCUT2D eigenvalue weighted by Crippen LogP contribution is 2.17. The fourth-order valence-corrected chi connectivity index (χ4v) is 1.93. The van der Waals surface area contributed by atoms with Crippen molar-refractivity contribution in [3.8, 4) is 0 Å². The second-order valence-corrected chi connectivity index (χ2v) is 4.12. The summed E-state index contributed by atoms with van der Waals surface area (Å²) < 4.78 is 0. The van der Waals surface area contributed by atoms with Crippen molar-refractivity contribution in [1.82, 2.24) is 15.2 Å². The average molecular weight is 252 g/mol. The van der Waals surface area contributed by atoms with E-state index >= 15 is 0 Å². The Bertz CT molecular complexity index is 752. The lowest BCUT2D eigenvalue weighted by atomic mass is 10.2. The van der Waals surface area contributed by atoms with Crippen LogP contribution in [0.25, 0.3) is 10.8 Å². The molecule has 0 unspecified atom stereocenters. The van der Waals surface area contributed by atoms with Crippen molar-refractivity contribution in [2.24, 2.45) is 0 Å². The van der Waals surface area contributed by atoms with Crippen LogP contribution in [0.5, 0.6) is 0 Å². The molecular formula is C14H12N4O. The van der Waals surface area contributed by atoms with Gasteiger partial charge in [-0.25, -0.2) is 5.10 Å². The zero-order chi connectivity index (χ0) is 13.1. The first-order valence-corrected chi connectivity index (χ1v) is 5.96. The molecule has 1 aromatic carbocycles. The molecular weight excluding hydrogens is 240 g/mol. The van der Waals surface area contributed by atoms with Crippen LogP contribution < -0.4 is 10.9 Å². The molecule has 0 saturated heterocycles. The number of anilines is 1. The van der Waals surface area contributed by atoms with Gasteiger partial charge in [-0.05, 0) is 18.2 Å². The van der Waals surface area contributed by atoms with E-state index in [2.05, 4.69) is 20.5 Å². The van der Waals surface area contributed by atoms with E-state index in [4.69, 9.17) is 0 Å². The summed E-state index contributed by atoms with van der Waals surface area (Å²) in [5.41, 5.74) is 0.735. The first-order valence-electron chi connectivity index (χ1n) is 5.96. The predicted molar refractivity (Wildman–Crippen MR) is 73.9 cm³/mol. The normalized spacial score (nSPS) is 10.5. The van der Waals surface area contributed by atoms with Crippen LogP contribution >= 0.6 is 0 Å². The third kappa shape index (κ3) is 2.30. The van der Waals surface area contributed by atoms with Gasteiger partial charge in [0.15, 0.2) is 5.82 Å². The molecule has 0 aliphatic heterocycles. The number of aromatic amines is 1. The van der Waals surface area contributed by atoms with E-state index in [0.717, 1.165) is 11.1 Å². The molecule has 0 amide bonds. The molecule has 0 bridgehead atoms. The number of fused-ring (bicyclic) bond motifs is 1. The van der Waals surface area contributed by atoms with Crippen molar-refractivity contribution in [3.63, 3.8) is 0 Å². The first-order chi connectivity index (χ1) is 9.34. The highest BCUT2D eigenvalue weighted by Gasteiger charge is 2.05. The van der Waals surface area contributed by atoms with Gasteiger partial charge in [-0.15, -0.1) is 0 Å². The molecule has 5 heteroatoms. The molecule has 0 radical (unpaired) electrons. The molecule has 2 aromatic heterocycles. The number of hydrogen-bond acceptors (Lipinski definition) is 4. The van der Waals surface area contributed by atoms with Crippen LogP contribution in [0, 0.1) is 0 Å². The highest BCUT2D eigenvalue weighted by atomic mass is 16.1. The Kier molecular flexibility index (Phi) is 2.94. The lowest BCUT2D eigenvalue weighted by Gasteiger charge is -2.07. The Labute approximate surface area is 109 Å². The maximum absolute atomic E-state index is 11.6. The highest BCUT2D eigenvalue weighted by molar-refractivity contribution is 5.90. The van der Waals surface area contributed by atoms with Gasteiger partial charge in [0.25, 0.3) is 5.56 Å². The van der Waals surface area contributed by atoms with Crippen molar-refractivity contribution in [2.75, 3.05) is 5.32 Å². The molecule has 3 rings (SSSR count). The molecule has 0 spiro atoms. The summed E-state index contributed by atoms with van der Waals surface area (Å²) in [7, 11) is 0. The molecule has 0 aliphatic carbocycles. The van der Waals surface area contributed by atoms with Gasteiger partial charge in [0.2, 0.25) is 0 Å². The van der Waals surface area contributed by atoms with Gasteiger partial charge < -0.3 is 5.32 Å². The van der Waals surface area contributed by atoms with Crippen LogP contribution in [0.4, 0.5) is 5.82 Å². The number of H-pyrrole nitrogens is 1. The van der Waals surface area contributed by atoms with Gasteiger partial charge in [-0.3, -0.25) is 9.78 Å². The zero-order valence-corrected chi connectivity index (χ0v) is 10.1. The summed E-state index contributed by atoms with van der Waals surface area (Å²) in [6.45, 7) is 0.559. The summed E-state index contributed by atoms with van der Waals surface area (Å²) >= 11 is 0. The molecule has 94 valence electrons. The van der Waals surface area contributed by atoms with Crippen LogP contribution in [0.2, 0.25) is 0 Å². The third-order valence-electron chi connectivity index (χ3n) is 2.86. The molecule has 0 saturated carbocycles. The molecule has 2 N–H and O–H groups in total. The Hall–Kier alpha value is -2.69. The number of pyridine rings is 1. The van der Waals surface area contributed by atoms with Crippen LogP contribution in [0.15, 0.2) is 53.5 Å². The second kappa shape index (κ2) is 4.89. The van der Waals surface area contributed by atoms with Gasteiger partial charge >= 0.3 is 0 Å². The fourth-order valence-electron chi connectivity index (χ4n) is 1.93. The summed E-state index contributed by atoms with van der Waals surface area (Å²) in [6, 6.07) is 13.1. The van der Waals surface area contributed by atoms with E-state index in [0.29, 0.717) is 17.7 Å². The Morgan fingerprint density at radius 3 is 2.63 bits per heavy atom. The van der Waals surface area contributed by atoms with Crippen molar-refractivity contribution in [3.05, 3.63) is 64.7 Å². The molecule has 5 nitrogen and oxygen atoms in total. The van der Waals surface area contributed by atoms with E-state index in [1.807, 2.05) is 36.4 Å². The largest absolute Gasteiger partial charge is 0.362 e. The molecule has 2 heterocycles. The Morgan fingerprint density at radius 1 is 1.05 bits per heavy atom. The van der Waals surface area contributed by atoms with Crippen LogP contribution in [0.1, 0.15) is 5.69 Å². The number of rotatable bonds is 3. The van der Waals surface area contributed by atoms with Crippen LogP contribution in [-0.4, -0.2) is 15.2 Å². The van der Waals surface area contributed by atoms with E-state index in [9.17, 15) is 4.79 Å². The standard InChI is InChI=1S/C14H12N4O/c19-14-12-7-2-1-6-11(12)13(17-18-14)16-9-10-5-3-4-8-15-10/h1-8H,9H2,(H,16,17)(H,18,19). The lowest BCUT2D eigenvalue weighted by Crippen LogP contribution is -2.12. The lowest BCUT2D eigenvalue weighted by molar-refractivity contribution is 0.971. The zero-order valence-electron chi connectivity index (χ0n) is 10.1. The molecule has 0 fully saturated rings. The van der Waals surface area contributed by atoms with Crippen LogP contribution in [-0.2, 0) is 6.54 Å².